The van der Waals surface area contributed by atoms with Crippen LogP contribution in [0.1, 0.15) is 31.4 Å². The zero-order valence-corrected chi connectivity index (χ0v) is 11.4. The number of hydrogen-bond acceptors (Lipinski definition) is 2. The fourth-order valence-corrected chi connectivity index (χ4v) is 2.24. The Morgan fingerprint density at radius 2 is 2.00 bits per heavy atom. The first-order chi connectivity index (χ1) is 8.50. The third-order valence-corrected chi connectivity index (χ3v) is 3.74. The zero-order valence-electron chi connectivity index (χ0n) is 11.4. The number of carbonyl (C=O) groups excluding carboxylic acids is 1. The second kappa shape index (κ2) is 5.11. The highest BCUT2D eigenvalue weighted by Crippen LogP contribution is 2.24. The molecule has 1 amide bonds. The first-order valence-corrected chi connectivity index (χ1v) is 6.59. The molecular weight excluding hydrogens is 224 g/mol. The number of rotatable bonds is 3. The van der Waals surface area contributed by atoms with Gasteiger partial charge in [0.25, 0.3) is 0 Å². The standard InChI is InChI=1S/C15H22N2O/c1-11-4-6-12(7-5-11)15(2,3)14(18)17-13-8-9-16-10-13/h4-7,13,16H,8-10H2,1-3H3,(H,17,18). The second-order valence-electron chi connectivity index (χ2n) is 5.65. The maximum Gasteiger partial charge on any atom is 0.230 e. The van der Waals surface area contributed by atoms with Gasteiger partial charge in [-0.15, -0.1) is 0 Å². The van der Waals surface area contributed by atoms with E-state index in [1.807, 2.05) is 26.0 Å². The van der Waals surface area contributed by atoms with Crippen LogP contribution in [0.4, 0.5) is 0 Å². The Labute approximate surface area is 109 Å². The van der Waals surface area contributed by atoms with E-state index in [0.29, 0.717) is 0 Å². The van der Waals surface area contributed by atoms with Gasteiger partial charge in [-0.25, -0.2) is 0 Å². The molecule has 1 fully saturated rings. The average molecular weight is 246 g/mol. The molecule has 1 atom stereocenters. The van der Waals surface area contributed by atoms with Crippen molar-refractivity contribution >= 4 is 5.91 Å². The van der Waals surface area contributed by atoms with Gasteiger partial charge >= 0.3 is 0 Å². The number of carbonyl (C=O) groups is 1. The van der Waals surface area contributed by atoms with Crippen LogP contribution in [0.5, 0.6) is 0 Å². The minimum Gasteiger partial charge on any atom is -0.351 e. The summed E-state index contributed by atoms with van der Waals surface area (Å²) < 4.78 is 0. The molecule has 3 nitrogen and oxygen atoms in total. The van der Waals surface area contributed by atoms with Crippen molar-refractivity contribution in [2.45, 2.75) is 38.6 Å². The Hall–Kier alpha value is -1.35. The molecule has 1 aromatic carbocycles. The summed E-state index contributed by atoms with van der Waals surface area (Å²) in [5.41, 5.74) is 1.81. The van der Waals surface area contributed by atoms with Crippen LogP contribution in [0.25, 0.3) is 0 Å². The van der Waals surface area contributed by atoms with Gasteiger partial charge in [0.1, 0.15) is 0 Å². The predicted molar refractivity (Wildman–Crippen MR) is 73.6 cm³/mol. The monoisotopic (exact) mass is 246 g/mol. The van der Waals surface area contributed by atoms with Crippen molar-refractivity contribution in [3.8, 4) is 0 Å². The molecule has 1 aliphatic heterocycles. The molecule has 0 saturated carbocycles. The van der Waals surface area contributed by atoms with E-state index < -0.39 is 5.41 Å². The molecule has 1 saturated heterocycles. The summed E-state index contributed by atoms with van der Waals surface area (Å²) in [6.45, 7) is 7.90. The Balaban J connectivity index is 2.08. The number of nitrogens with one attached hydrogen (secondary N) is 2. The largest absolute Gasteiger partial charge is 0.351 e. The van der Waals surface area contributed by atoms with E-state index in [2.05, 4.69) is 29.7 Å². The number of aryl methyl sites for hydroxylation is 1. The molecular formula is C15H22N2O. The lowest BCUT2D eigenvalue weighted by Gasteiger charge is -2.26. The van der Waals surface area contributed by atoms with Crippen LogP contribution in [0.3, 0.4) is 0 Å². The van der Waals surface area contributed by atoms with Crippen LogP contribution in [0, 0.1) is 6.92 Å². The molecule has 0 spiro atoms. The van der Waals surface area contributed by atoms with Crippen LogP contribution in [0.2, 0.25) is 0 Å². The van der Waals surface area contributed by atoms with Gasteiger partial charge in [0.15, 0.2) is 0 Å². The molecule has 3 heteroatoms. The van der Waals surface area contributed by atoms with Gasteiger partial charge in [0, 0.05) is 12.6 Å². The van der Waals surface area contributed by atoms with E-state index in [-0.39, 0.29) is 11.9 Å². The minimum absolute atomic E-state index is 0.111. The van der Waals surface area contributed by atoms with Crippen molar-refractivity contribution in [1.82, 2.24) is 10.6 Å². The fraction of sp³-hybridized carbons (Fsp3) is 0.533. The van der Waals surface area contributed by atoms with E-state index in [0.717, 1.165) is 25.1 Å². The summed E-state index contributed by atoms with van der Waals surface area (Å²) in [6, 6.07) is 8.48. The van der Waals surface area contributed by atoms with Crippen LogP contribution in [0.15, 0.2) is 24.3 Å². The Morgan fingerprint density at radius 1 is 1.33 bits per heavy atom. The highest BCUT2D eigenvalue weighted by atomic mass is 16.2. The van der Waals surface area contributed by atoms with E-state index in [4.69, 9.17) is 0 Å². The second-order valence-corrected chi connectivity index (χ2v) is 5.65. The average Bonchev–Trinajstić information content (AvgIpc) is 2.82. The first kappa shape index (κ1) is 13.1. The van der Waals surface area contributed by atoms with Gasteiger partial charge in [-0.05, 0) is 39.3 Å². The van der Waals surface area contributed by atoms with Crippen molar-refractivity contribution in [3.63, 3.8) is 0 Å². The third kappa shape index (κ3) is 2.72. The number of hydrogen-bond donors (Lipinski definition) is 2. The fourth-order valence-electron chi connectivity index (χ4n) is 2.24. The van der Waals surface area contributed by atoms with Crippen molar-refractivity contribution in [2.24, 2.45) is 0 Å². The van der Waals surface area contributed by atoms with Crippen LogP contribution < -0.4 is 10.6 Å². The molecule has 0 aliphatic carbocycles. The Bertz CT molecular complexity index is 417. The topological polar surface area (TPSA) is 41.1 Å². The Kier molecular flexibility index (Phi) is 3.71. The SMILES string of the molecule is Cc1ccc(C(C)(C)C(=O)NC2CCNC2)cc1. The van der Waals surface area contributed by atoms with E-state index >= 15 is 0 Å². The summed E-state index contributed by atoms with van der Waals surface area (Å²) in [4.78, 5) is 12.4. The van der Waals surface area contributed by atoms with Crippen molar-refractivity contribution in [2.75, 3.05) is 13.1 Å². The molecule has 1 heterocycles. The van der Waals surface area contributed by atoms with Crippen LogP contribution in [-0.2, 0) is 10.2 Å². The van der Waals surface area contributed by atoms with Gasteiger partial charge in [-0.1, -0.05) is 29.8 Å². The van der Waals surface area contributed by atoms with Crippen LogP contribution >= 0.6 is 0 Å². The smallest absolute Gasteiger partial charge is 0.230 e. The maximum atomic E-state index is 12.4. The van der Waals surface area contributed by atoms with Gasteiger partial charge in [-0.2, -0.15) is 0 Å². The molecule has 1 aliphatic rings. The summed E-state index contributed by atoms with van der Waals surface area (Å²) in [7, 11) is 0. The molecule has 98 valence electrons. The van der Waals surface area contributed by atoms with Gasteiger partial charge in [0.05, 0.1) is 5.41 Å². The van der Waals surface area contributed by atoms with Gasteiger partial charge in [-0.3, -0.25) is 4.79 Å². The highest BCUT2D eigenvalue weighted by Gasteiger charge is 2.31. The summed E-state index contributed by atoms with van der Waals surface area (Å²) in [6.07, 6.45) is 1.02. The molecule has 18 heavy (non-hydrogen) atoms. The first-order valence-electron chi connectivity index (χ1n) is 6.59. The van der Waals surface area contributed by atoms with Gasteiger partial charge in [0.2, 0.25) is 5.91 Å². The predicted octanol–water partition coefficient (Wildman–Crippen LogP) is 1.75. The molecule has 2 N–H and O–H groups in total. The van der Waals surface area contributed by atoms with Crippen molar-refractivity contribution in [3.05, 3.63) is 35.4 Å². The van der Waals surface area contributed by atoms with E-state index in [9.17, 15) is 4.79 Å². The number of benzene rings is 1. The van der Waals surface area contributed by atoms with Crippen molar-refractivity contribution in [1.29, 1.82) is 0 Å². The molecule has 0 radical (unpaired) electrons. The van der Waals surface area contributed by atoms with Crippen molar-refractivity contribution < 1.29 is 4.79 Å². The highest BCUT2D eigenvalue weighted by molar-refractivity contribution is 5.87. The maximum absolute atomic E-state index is 12.4. The number of amides is 1. The lowest BCUT2D eigenvalue weighted by atomic mass is 9.83. The molecule has 2 rings (SSSR count). The lowest BCUT2D eigenvalue weighted by molar-refractivity contribution is -0.126. The van der Waals surface area contributed by atoms with E-state index in [1.54, 1.807) is 0 Å². The summed E-state index contributed by atoms with van der Waals surface area (Å²) >= 11 is 0. The quantitative estimate of drug-likeness (QED) is 0.853. The summed E-state index contributed by atoms with van der Waals surface area (Å²) in [5, 5.41) is 6.39. The van der Waals surface area contributed by atoms with E-state index in [1.165, 1.54) is 5.56 Å². The van der Waals surface area contributed by atoms with Gasteiger partial charge < -0.3 is 10.6 Å². The summed E-state index contributed by atoms with van der Waals surface area (Å²) in [5.74, 6) is 0.111. The molecule has 0 aromatic heterocycles. The lowest BCUT2D eigenvalue weighted by Crippen LogP contribution is -2.45. The molecule has 1 aromatic rings. The minimum atomic E-state index is -0.476. The molecule has 1 unspecified atom stereocenters. The van der Waals surface area contributed by atoms with Crippen LogP contribution in [-0.4, -0.2) is 25.0 Å². The Morgan fingerprint density at radius 3 is 2.56 bits per heavy atom. The zero-order chi connectivity index (χ0) is 13.2. The molecule has 0 bridgehead atoms. The third-order valence-electron chi connectivity index (χ3n) is 3.74. The normalized spacial score (nSPS) is 19.8.